The molecule has 1 aliphatic rings. The van der Waals surface area contributed by atoms with Crippen LogP contribution in [0.4, 0.5) is 0 Å². The van der Waals surface area contributed by atoms with Crippen LogP contribution >= 0.6 is 0 Å². The Kier molecular flexibility index (Phi) is 3.38. The number of hydrogen-bond acceptors (Lipinski definition) is 6. The minimum atomic E-state index is -3.01. The van der Waals surface area contributed by atoms with Gasteiger partial charge in [-0.15, -0.1) is 10.2 Å². The molecule has 100 valence electrons. The lowest BCUT2D eigenvalue weighted by Crippen LogP contribution is -2.35. The summed E-state index contributed by atoms with van der Waals surface area (Å²) in [7, 11) is -3.01. The number of carbonyl (C=O) groups excluding carboxylic acids is 1. The SMILES string of the molecule is CC(C)c1nnc(C(=O)NC2CCS(=O)(=O)C2)o1. The fourth-order valence-electron chi connectivity index (χ4n) is 1.72. The van der Waals surface area contributed by atoms with Gasteiger partial charge >= 0.3 is 11.8 Å². The van der Waals surface area contributed by atoms with Crippen LogP contribution in [0.25, 0.3) is 0 Å². The summed E-state index contributed by atoms with van der Waals surface area (Å²) in [6.07, 6.45) is 0.430. The highest BCUT2D eigenvalue weighted by Crippen LogP contribution is 2.14. The van der Waals surface area contributed by atoms with Gasteiger partial charge in [0.2, 0.25) is 5.89 Å². The number of rotatable bonds is 3. The van der Waals surface area contributed by atoms with E-state index in [0.29, 0.717) is 12.3 Å². The van der Waals surface area contributed by atoms with Gasteiger partial charge in [0, 0.05) is 12.0 Å². The maximum absolute atomic E-state index is 11.7. The third kappa shape index (κ3) is 2.87. The molecule has 8 heteroatoms. The predicted octanol–water partition coefficient (Wildman–Crippen LogP) is 0.110. The standard InChI is InChI=1S/C10H15N3O4S/c1-6(2)9-12-13-10(17-9)8(14)11-7-3-4-18(15,16)5-7/h6-7H,3-5H2,1-2H3,(H,11,14). The molecule has 0 spiro atoms. The van der Waals surface area contributed by atoms with Crippen LogP contribution in [-0.4, -0.2) is 42.1 Å². The minimum Gasteiger partial charge on any atom is -0.417 e. The molecular formula is C10H15N3O4S. The van der Waals surface area contributed by atoms with Gasteiger partial charge in [0.1, 0.15) is 0 Å². The van der Waals surface area contributed by atoms with Gasteiger partial charge in [-0.05, 0) is 6.42 Å². The van der Waals surface area contributed by atoms with Crippen molar-refractivity contribution in [3.63, 3.8) is 0 Å². The molecule has 1 aliphatic heterocycles. The second kappa shape index (κ2) is 4.68. The Morgan fingerprint density at radius 2 is 2.17 bits per heavy atom. The highest BCUT2D eigenvalue weighted by atomic mass is 32.2. The van der Waals surface area contributed by atoms with Gasteiger partial charge in [-0.2, -0.15) is 0 Å². The number of carbonyl (C=O) groups is 1. The lowest BCUT2D eigenvalue weighted by molar-refractivity contribution is 0.0904. The predicted molar refractivity (Wildman–Crippen MR) is 62.9 cm³/mol. The molecule has 2 heterocycles. The molecule has 18 heavy (non-hydrogen) atoms. The van der Waals surface area contributed by atoms with E-state index in [9.17, 15) is 13.2 Å². The van der Waals surface area contributed by atoms with Crippen molar-refractivity contribution in [3.05, 3.63) is 11.8 Å². The first-order valence-corrected chi connectivity index (χ1v) is 7.54. The van der Waals surface area contributed by atoms with Gasteiger partial charge in [0.05, 0.1) is 11.5 Å². The van der Waals surface area contributed by atoms with E-state index in [2.05, 4.69) is 15.5 Å². The highest BCUT2D eigenvalue weighted by Gasteiger charge is 2.30. The summed E-state index contributed by atoms with van der Waals surface area (Å²) in [5, 5.41) is 9.97. The molecule has 2 rings (SSSR count). The van der Waals surface area contributed by atoms with Gasteiger partial charge in [-0.25, -0.2) is 8.42 Å². The van der Waals surface area contributed by atoms with Crippen molar-refractivity contribution >= 4 is 15.7 Å². The normalized spacial score (nSPS) is 22.3. The zero-order valence-electron chi connectivity index (χ0n) is 10.2. The molecule has 1 amide bonds. The van der Waals surface area contributed by atoms with Gasteiger partial charge in [-0.1, -0.05) is 13.8 Å². The fourth-order valence-corrected chi connectivity index (χ4v) is 3.39. The Bertz CT molecular complexity index is 549. The molecule has 7 nitrogen and oxygen atoms in total. The van der Waals surface area contributed by atoms with Crippen molar-refractivity contribution in [2.45, 2.75) is 32.2 Å². The van der Waals surface area contributed by atoms with E-state index in [1.807, 2.05) is 13.8 Å². The van der Waals surface area contributed by atoms with Gasteiger partial charge in [-0.3, -0.25) is 4.79 Å². The van der Waals surface area contributed by atoms with Crippen LogP contribution in [0.15, 0.2) is 4.42 Å². The van der Waals surface area contributed by atoms with E-state index in [4.69, 9.17) is 4.42 Å². The Balaban J connectivity index is 2.00. The van der Waals surface area contributed by atoms with E-state index in [1.54, 1.807) is 0 Å². The molecule has 1 atom stereocenters. The van der Waals surface area contributed by atoms with Crippen LogP contribution in [0.1, 0.15) is 42.8 Å². The average molecular weight is 273 g/mol. The summed E-state index contributed by atoms with van der Waals surface area (Å²) >= 11 is 0. The molecule has 0 bridgehead atoms. The van der Waals surface area contributed by atoms with E-state index >= 15 is 0 Å². The lowest BCUT2D eigenvalue weighted by Gasteiger charge is -2.07. The van der Waals surface area contributed by atoms with Crippen molar-refractivity contribution in [2.24, 2.45) is 0 Å². The molecular weight excluding hydrogens is 258 g/mol. The van der Waals surface area contributed by atoms with Crippen molar-refractivity contribution in [3.8, 4) is 0 Å². The molecule has 0 aromatic carbocycles. The van der Waals surface area contributed by atoms with Crippen molar-refractivity contribution < 1.29 is 17.6 Å². The van der Waals surface area contributed by atoms with E-state index < -0.39 is 15.7 Å². The van der Waals surface area contributed by atoms with E-state index in [-0.39, 0.29) is 29.4 Å². The van der Waals surface area contributed by atoms with Crippen LogP contribution < -0.4 is 5.32 Å². The summed E-state index contributed by atoms with van der Waals surface area (Å²) in [5.74, 6) is -0.118. The molecule has 0 aliphatic carbocycles. The first kappa shape index (κ1) is 13.0. The number of nitrogens with one attached hydrogen (secondary N) is 1. The first-order valence-electron chi connectivity index (χ1n) is 5.72. The Labute approximate surface area is 105 Å². The van der Waals surface area contributed by atoms with Gasteiger partial charge in [0.15, 0.2) is 9.84 Å². The number of sulfone groups is 1. The maximum atomic E-state index is 11.7. The average Bonchev–Trinajstić information content (AvgIpc) is 2.85. The second-order valence-electron chi connectivity index (χ2n) is 4.67. The molecule has 1 aromatic rings. The number of aromatic nitrogens is 2. The summed E-state index contributed by atoms with van der Waals surface area (Å²) in [6, 6.07) is -0.364. The molecule has 0 saturated carbocycles. The third-order valence-electron chi connectivity index (χ3n) is 2.70. The summed E-state index contributed by atoms with van der Waals surface area (Å²) in [4.78, 5) is 11.7. The second-order valence-corrected chi connectivity index (χ2v) is 6.90. The number of amides is 1. The smallest absolute Gasteiger partial charge is 0.309 e. The zero-order valence-corrected chi connectivity index (χ0v) is 11.0. The summed E-state index contributed by atoms with van der Waals surface area (Å²) in [6.45, 7) is 3.75. The number of nitrogens with zero attached hydrogens (tertiary/aromatic N) is 2. The minimum absolute atomic E-state index is 0.0239. The third-order valence-corrected chi connectivity index (χ3v) is 4.46. The summed E-state index contributed by atoms with van der Waals surface area (Å²) in [5.41, 5.74) is 0. The first-order chi connectivity index (χ1) is 8.37. The van der Waals surface area contributed by atoms with Crippen LogP contribution in [0.2, 0.25) is 0 Å². The largest absolute Gasteiger partial charge is 0.417 e. The Morgan fingerprint density at radius 1 is 1.44 bits per heavy atom. The van der Waals surface area contributed by atoms with Crippen molar-refractivity contribution in [2.75, 3.05) is 11.5 Å². The molecule has 1 N–H and O–H groups in total. The Hall–Kier alpha value is -1.44. The van der Waals surface area contributed by atoms with Crippen LogP contribution in [-0.2, 0) is 9.84 Å². The van der Waals surface area contributed by atoms with Crippen LogP contribution in [0, 0.1) is 0 Å². The zero-order chi connectivity index (χ0) is 13.3. The topological polar surface area (TPSA) is 102 Å². The van der Waals surface area contributed by atoms with Gasteiger partial charge < -0.3 is 9.73 Å². The van der Waals surface area contributed by atoms with Crippen molar-refractivity contribution in [1.82, 2.24) is 15.5 Å². The molecule has 1 saturated heterocycles. The van der Waals surface area contributed by atoms with Crippen LogP contribution in [0.3, 0.4) is 0 Å². The summed E-state index contributed by atoms with van der Waals surface area (Å²) < 4.78 is 27.7. The van der Waals surface area contributed by atoms with E-state index in [0.717, 1.165) is 0 Å². The monoisotopic (exact) mass is 273 g/mol. The van der Waals surface area contributed by atoms with Crippen LogP contribution in [0.5, 0.6) is 0 Å². The number of hydrogen-bond donors (Lipinski definition) is 1. The van der Waals surface area contributed by atoms with E-state index in [1.165, 1.54) is 0 Å². The lowest BCUT2D eigenvalue weighted by atomic mass is 10.2. The van der Waals surface area contributed by atoms with Crippen molar-refractivity contribution in [1.29, 1.82) is 0 Å². The molecule has 0 radical (unpaired) electrons. The quantitative estimate of drug-likeness (QED) is 0.838. The maximum Gasteiger partial charge on any atom is 0.309 e. The highest BCUT2D eigenvalue weighted by molar-refractivity contribution is 7.91. The fraction of sp³-hybridized carbons (Fsp3) is 0.700. The van der Waals surface area contributed by atoms with Gasteiger partial charge in [0.25, 0.3) is 0 Å². The Morgan fingerprint density at radius 3 is 2.67 bits per heavy atom. The molecule has 1 aromatic heterocycles. The molecule has 1 fully saturated rings. The molecule has 1 unspecified atom stereocenters.